The third-order valence-corrected chi connectivity index (χ3v) is 2.30. The molecular weight excluding hydrogens is 188 g/mol. The molecule has 0 bridgehead atoms. The first-order chi connectivity index (χ1) is 7.22. The normalized spacial score (nSPS) is 10.2. The Morgan fingerprint density at radius 1 is 1.47 bits per heavy atom. The fraction of sp³-hybridized carbons (Fsp3) is 0.0909. The van der Waals surface area contributed by atoms with Gasteiger partial charge in [-0.05, 0) is 24.1 Å². The van der Waals surface area contributed by atoms with Crippen molar-refractivity contribution in [3.63, 3.8) is 0 Å². The van der Waals surface area contributed by atoms with E-state index in [9.17, 15) is 0 Å². The number of aromatic amines is 1. The molecule has 2 rings (SSSR count). The summed E-state index contributed by atoms with van der Waals surface area (Å²) in [5.41, 5.74) is 10.0. The van der Waals surface area contributed by atoms with E-state index in [2.05, 4.69) is 21.8 Å². The lowest BCUT2D eigenvalue weighted by molar-refractivity contribution is 1.08. The summed E-state index contributed by atoms with van der Waals surface area (Å²) in [4.78, 5) is 4.29. The molecule has 2 aromatic heterocycles. The Morgan fingerprint density at radius 3 is 2.80 bits per heavy atom. The van der Waals surface area contributed by atoms with E-state index in [0.717, 1.165) is 22.5 Å². The number of pyridine rings is 1. The zero-order chi connectivity index (χ0) is 10.8. The van der Waals surface area contributed by atoms with Crippen LogP contribution in [0.25, 0.3) is 17.5 Å². The summed E-state index contributed by atoms with van der Waals surface area (Å²) in [5, 5.41) is 6.68. The molecule has 0 saturated heterocycles. The molecule has 2 aromatic rings. The number of nitrogen functional groups attached to an aromatic ring is 1. The Bertz CT molecular complexity index is 499. The summed E-state index contributed by atoms with van der Waals surface area (Å²) in [6.45, 7) is 5.73. The van der Waals surface area contributed by atoms with Gasteiger partial charge >= 0.3 is 0 Å². The van der Waals surface area contributed by atoms with Gasteiger partial charge in [-0.15, -0.1) is 0 Å². The van der Waals surface area contributed by atoms with Crippen LogP contribution in [0.3, 0.4) is 0 Å². The van der Waals surface area contributed by atoms with Crippen molar-refractivity contribution < 1.29 is 0 Å². The zero-order valence-electron chi connectivity index (χ0n) is 8.49. The Balaban J connectivity index is 2.52. The highest BCUT2D eigenvalue weighted by Crippen LogP contribution is 2.22. The first kappa shape index (κ1) is 9.45. The van der Waals surface area contributed by atoms with Gasteiger partial charge in [-0.1, -0.05) is 12.7 Å². The van der Waals surface area contributed by atoms with Crippen molar-refractivity contribution >= 4 is 11.8 Å². The summed E-state index contributed by atoms with van der Waals surface area (Å²) in [7, 11) is 0. The molecule has 2 heterocycles. The highest BCUT2D eigenvalue weighted by atomic mass is 15.1. The van der Waals surface area contributed by atoms with Crippen LogP contribution in [-0.2, 0) is 0 Å². The SMILES string of the molecule is C=Cc1cnc(-c2[nH]ncc2N)cc1C. The van der Waals surface area contributed by atoms with Crippen molar-refractivity contribution in [2.45, 2.75) is 6.92 Å². The lowest BCUT2D eigenvalue weighted by Crippen LogP contribution is -1.92. The monoisotopic (exact) mass is 200 g/mol. The van der Waals surface area contributed by atoms with Crippen LogP contribution in [0.2, 0.25) is 0 Å². The predicted molar refractivity (Wildman–Crippen MR) is 61.1 cm³/mol. The van der Waals surface area contributed by atoms with Crippen molar-refractivity contribution in [2.75, 3.05) is 5.73 Å². The van der Waals surface area contributed by atoms with E-state index in [-0.39, 0.29) is 0 Å². The van der Waals surface area contributed by atoms with Gasteiger partial charge in [0.05, 0.1) is 17.6 Å². The van der Waals surface area contributed by atoms with Crippen LogP contribution in [0.15, 0.2) is 25.0 Å². The van der Waals surface area contributed by atoms with E-state index in [0.29, 0.717) is 5.69 Å². The van der Waals surface area contributed by atoms with E-state index < -0.39 is 0 Å². The van der Waals surface area contributed by atoms with E-state index >= 15 is 0 Å². The molecule has 3 N–H and O–H groups in total. The van der Waals surface area contributed by atoms with E-state index in [1.54, 1.807) is 18.5 Å². The first-order valence-corrected chi connectivity index (χ1v) is 4.60. The summed E-state index contributed by atoms with van der Waals surface area (Å²) in [6.07, 6.45) is 5.13. The molecule has 0 saturated carbocycles. The van der Waals surface area contributed by atoms with Crippen LogP contribution in [0.1, 0.15) is 11.1 Å². The molecule has 0 aromatic carbocycles. The fourth-order valence-corrected chi connectivity index (χ4v) is 1.42. The predicted octanol–water partition coefficient (Wildman–Crippen LogP) is 2.01. The lowest BCUT2D eigenvalue weighted by Gasteiger charge is -2.03. The molecule has 76 valence electrons. The number of nitrogens with one attached hydrogen (secondary N) is 1. The second kappa shape index (κ2) is 3.57. The van der Waals surface area contributed by atoms with Gasteiger partial charge in [0.1, 0.15) is 5.69 Å². The lowest BCUT2D eigenvalue weighted by atomic mass is 10.1. The Kier molecular flexibility index (Phi) is 2.25. The smallest absolute Gasteiger partial charge is 0.106 e. The minimum Gasteiger partial charge on any atom is -0.396 e. The molecule has 15 heavy (non-hydrogen) atoms. The Labute approximate surface area is 87.9 Å². The van der Waals surface area contributed by atoms with Gasteiger partial charge in [-0.3, -0.25) is 10.1 Å². The number of anilines is 1. The third-order valence-electron chi connectivity index (χ3n) is 2.30. The van der Waals surface area contributed by atoms with Crippen LogP contribution in [0, 0.1) is 6.92 Å². The van der Waals surface area contributed by atoms with Gasteiger partial charge in [0.25, 0.3) is 0 Å². The van der Waals surface area contributed by atoms with E-state index in [1.807, 2.05) is 13.0 Å². The van der Waals surface area contributed by atoms with Gasteiger partial charge in [0, 0.05) is 6.20 Å². The maximum Gasteiger partial charge on any atom is 0.106 e. The van der Waals surface area contributed by atoms with Crippen LogP contribution in [-0.4, -0.2) is 15.2 Å². The third kappa shape index (κ3) is 1.61. The number of H-pyrrole nitrogens is 1. The number of nitrogens with two attached hydrogens (primary N) is 1. The van der Waals surface area contributed by atoms with Crippen LogP contribution < -0.4 is 5.73 Å². The highest BCUT2D eigenvalue weighted by Gasteiger charge is 2.06. The average Bonchev–Trinajstić information content (AvgIpc) is 2.64. The maximum absolute atomic E-state index is 5.74. The van der Waals surface area contributed by atoms with Crippen LogP contribution in [0.4, 0.5) is 5.69 Å². The number of nitrogens with zero attached hydrogens (tertiary/aromatic N) is 2. The summed E-state index contributed by atoms with van der Waals surface area (Å²) < 4.78 is 0. The van der Waals surface area contributed by atoms with E-state index in [4.69, 9.17) is 5.73 Å². The van der Waals surface area contributed by atoms with Gasteiger partial charge < -0.3 is 5.73 Å². The standard InChI is InChI=1S/C11H12N4/c1-3-8-5-13-10(4-7(8)2)11-9(12)6-14-15-11/h3-6H,1,12H2,2H3,(H,14,15). The minimum atomic E-state index is 0.605. The molecular formula is C11H12N4. The van der Waals surface area contributed by atoms with Crippen LogP contribution >= 0.6 is 0 Å². The molecule has 0 unspecified atom stereocenters. The van der Waals surface area contributed by atoms with Crippen molar-refractivity contribution in [3.05, 3.63) is 36.2 Å². The topological polar surface area (TPSA) is 67.6 Å². The molecule has 4 nitrogen and oxygen atoms in total. The summed E-state index contributed by atoms with van der Waals surface area (Å²) in [5.74, 6) is 0. The zero-order valence-corrected chi connectivity index (χ0v) is 8.49. The first-order valence-electron chi connectivity index (χ1n) is 4.60. The average molecular weight is 200 g/mol. The fourth-order valence-electron chi connectivity index (χ4n) is 1.42. The molecule has 0 aliphatic heterocycles. The molecule has 0 radical (unpaired) electrons. The molecule has 0 aliphatic rings. The second-order valence-corrected chi connectivity index (χ2v) is 3.33. The highest BCUT2D eigenvalue weighted by molar-refractivity contribution is 5.70. The van der Waals surface area contributed by atoms with Gasteiger partial charge in [0.15, 0.2) is 0 Å². The Hall–Kier alpha value is -2.10. The summed E-state index contributed by atoms with van der Waals surface area (Å²) in [6, 6.07) is 1.96. The second-order valence-electron chi connectivity index (χ2n) is 3.33. The molecule has 0 aliphatic carbocycles. The van der Waals surface area contributed by atoms with Crippen molar-refractivity contribution in [2.24, 2.45) is 0 Å². The van der Waals surface area contributed by atoms with Gasteiger partial charge in [-0.25, -0.2) is 0 Å². The largest absolute Gasteiger partial charge is 0.396 e. The molecule has 4 heteroatoms. The number of rotatable bonds is 2. The van der Waals surface area contributed by atoms with Crippen LogP contribution in [0.5, 0.6) is 0 Å². The Morgan fingerprint density at radius 2 is 2.27 bits per heavy atom. The number of hydrogen-bond donors (Lipinski definition) is 2. The van der Waals surface area contributed by atoms with Crippen molar-refractivity contribution in [1.82, 2.24) is 15.2 Å². The maximum atomic E-state index is 5.74. The van der Waals surface area contributed by atoms with Crippen molar-refractivity contribution in [3.8, 4) is 11.4 Å². The molecule has 0 spiro atoms. The summed E-state index contributed by atoms with van der Waals surface area (Å²) >= 11 is 0. The number of aryl methyl sites for hydroxylation is 1. The number of aromatic nitrogens is 3. The van der Waals surface area contributed by atoms with Gasteiger partial charge in [0.2, 0.25) is 0 Å². The van der Waals surface area contributed by atoms with Crippen molar-refractivity contribution in [1.29, 1.82) is 0 Å². The van der Waals surface area contributed by atoms with E-state index in [1.165, 1.54) is 0 Å². The minimum absolute atomic E-state index is 0.605. The van der Waals surface area contributed by atoms with Gasteiger partial charge in [-0.2, -0.15) is 5.10 Å². The molecule has 0 atom stereocenters. The molecule has 0 fully saturated rings. The number of hydrogen-bond acceptors (Lipinski definition) is 3. The molecule has 0 amide bonds. The quantitative estimate of drug-likeness (QED) is 0.779.